The van der Waals surface area contributed by atoms with Gasteiger partial charge in [-0.25, -0.2) is 4.68 Å². The van der Waals surface area contributed by atoms with Crippen molar-refractivity contribution in [3.8, 4) is 11.3 Å². The van der Waals surface area contributed by atoms with Gasteiger partial charge in [0.1, 0.15) is 0 Å². The van der Waals surface area contributed by atoms with E-state index in [4.69, 9.17) is 0 Å². The fraction of sp³-hybridized carbons (Fsp3) is 0.429. The molecule has 0 aliphatic carbocycles. The van der Waals surface area contributed by atoms with Crippen LogP contribution < -0.4 is 5.32 Å². The summed E-state index contributed by atoms with van der Waals surface area (Å²) in [6.45, 7) is 4.13. The molecule has 2 aromatic rings. The van der Waals surface area contributed by atoms with Gasteiger partial charge in [0.2, 0.25) is 0 Å². The summed E-state index contributed by atoms with van der Waals surface area (Å²) in [5.41, 5.74) is 5.01. The maximum atomic E-state index is 4.17. The van der Waals surface area contributed by atoms with E-state index in [2.05, 4.69) is 40.8 Å². The van der Waals surface area contributed by atoms with Crippen molar-refractivity contribution in [2.24, 2.45) is 0 Å². The van der Waals surface area contributed by atoms with Crippen LogP contribution in [0.3, 0.4) is 0 Å². The molecule has 0 saturated heterocycles. The van der Waals surface area contributed by atoms with E-state index >= 15 is 0 Å². The minimum absolute atomic E-state index is 0.916. The largest absolute Gasteiger partial charge is 0.384 e. The van der Waals surface area contributed by atoms with Crippen LogP contribution in [0.25, 0.3) is 11.3 Å². The van der Waals surface area contributed by atoms with Crippen LogP contribution in [0.15, 0.2) is 24.4 Å². The number of rotatable bonds is 3. The quantitative estimate of drug-likeness (QED) is 0.900. The van der Waals surface area contributed by atoms with Gasteiger partial charge in [-0.2, -0.15) is 0 Å². The van der Waals surface area contributed by atoms with Crippen LogP contribution in [0.2, 0.25) is 0 Å². The molecular weight excluding hydrogens is 224 g/mol. The highest BCUT2D eigenvalue weighted by atomic mass is 15.4. The first-order valence-corrected chi connectivity index (χ1v) is 6.64. The first kappa shape index (κ1) is 11.3. The number of aryl methyl sites for hydroxylation is 2. The number of nitrogens with one attached hydrogen (secondary N) is 1. The summed E-state index contributed by atoms with van der Waals surface area (Å²) in [7, 11) is 0. The average molecular weight is 242 g/mol. The van der Waals surface area contributed by atoms with E-state index in [0.29, 0.717) is 0 Å². The van der Waals surface area contributed by atoms with E-state index in [1.165, 1.54) is 23.2 Å². The third-order valence-electron chi connectivity index (χ3n) is 3.40. The van der Waals surface area contributed by atoms with E-state index in [1.807, 2.05) is 10.9 Å². The number of nitrogens with zero attached hydrogens (tertiary/aromatic N) is 3. The number of hydrogen-bond acceptors (Lipinski definition) is 3. The molecule has 4 nitrogen and oxygen atoms in total. The van der Waals surface area contributed by atoms with Crippen molar-refractivity contribution in [2.45, 2.75) is 32.7 Å². The van der Waals surface area contributed by atoms with Crippen molar-refractivity contribution >= 4 is 5.69 Å². The summed E-state index contributed by atoms with van der Waals surface area (Å²) in [6.07, 6.45) is 5.30. The lowest BCUT2D eigenvalue weighted by Crippen LogP contribution is -2.13. The predicted molar refractivity (Wildman–Crippen MR) is 72.6 cm³/mol. The molecule has 1 N–H and O–H groups in total. The Bertz CT molecular complexity index is 544. The zero-order chi connectivity index (χ0) is 12.4. The van der Waals surface area contributed by atoms with Gasteiger partial charge in [-0.15, -0.1) is 5.10 Å². The molecule has 0 fully saturated rings. The lowest BCUT2D eigenvalue weighted by atomic mass is 9.98. The van der Waals surface area contributed by atoms with Gasteiger partial charge in [0.05, 0.1) is 11.9 Å². The van der Waals surface area contributed by atoms with Crippen molar-refractivity contribution < 1.29 is 0 Å². The Kier molecular flexibility index (Phi) is 3.00. The summed E-state index contributed by atoms with van der Waals surface area (Å²) in [4.78, 5) is 0. The van der Waals surface area contributed by atoms with Gasteiger partial charge in [0.25, 0.3) is 0 Å². The number of para-hydroxylation sites is 1. The summed E-state index contributed by atoms with van der Waals surface area (Å²) in [6, 6.07) is 6.49. The molecule has 3 rings (SSSR count). The lowest BCUT2D eigenvalue weighted by molar-refractivity contribution is 0.584. The molecule has 0 amide bonds. The van der Waals surface area contributed by atoms with Gasteiger partial charge in [0, 0.05) is 24.3 Å². The number of aromatic nitrogens is 3. The fourth-order valence-corrected chi connectivity index (χ4v) is 2.57. The highest BCUT2D eigenvalue weighted by Crippen LogP contribution is 2.33. The SMILES string of the molecule is CCCn1nncc1-c1cccc2c1NCCC2. The molecule has 0 spiro atoms. The van der Waals surface area contributed by atoms with Gasteiger partial charge in [0.15, 0.2) is 0 Å². The lowest BCUT2D eigenvalue weighted by Gasteiger charge is -2.21. The normalized spacial score (nSPS) is 14.1. The van der Waals surface area contributed by atoms with Crippen LogP contribution >= 0.6 is 0 Å². The number of benzene rings is 1. The van der Waals surface area contributed by atoms with Crippen LogP contribution in [-0.4, -0.2) is 21.5 Å². The van der Waals surface area contributed by atoms with E-state index in [9.17, 15) is 0 Å². The van der Waals surface area contributed by atoms with Gasteiger partial charge >= 0.3 is 0 Å². The Balaban J connectivity index is 2.08. The van der Waals surface area contributed by atoms with Crippen LogP contribution in [-0.2, 0) is 13.0 Å². The van der Waals surface area contributed by atoms with E-state index < -0.39 is 0 Å². The van der Waals surface area contributed by atoms with Crippen molar-refractivity contribution in [1.82, 2.24) is 15.0 Å². The van der Waals surface area contributed by atoms with Crippen LogP contribution in [0, 0.1) is 0 Å². The van der Waals surface area contributed by atoms with Crippen molar-refractivity contribution in [2.75, 3.05) is 11.9 Å². The van der Waals surface area contributed by atoms with E-state index in [1.54, 1.807) is 0 Å². The first-order chi connectivity index (χ1) is 8.90. The molecule has 1 aliphatic heterocycles. The molecule has 4 heteroatoms. The summed E-state index contributed by atoms with van der Waals surface area (Å²) < 4.78 is 1.99. The third kappa shape index (κ3) is 1.88. The summed E-state index contributed by atoms with van der Waals surface area (Å²) >= 11 is 0. The molecule has 0 unspecified atom stereocenters. The average Bonchev–Trinajstić information content (AvgIpc) is 2.87. The molecule has 2 heterocycles. The molecule has 1 aromatic heterocycles. The molecule has 0 bridgehead atoms. The molecule has 1 aromatic carbocycles. The maximum Gasteiger partial charge on any atom is 0.0906 e. The summed E-state index contributed by atoms with van der Waals surface area (Å²) in [5.74, 6) is 0. The van der Waals surface area contributed by atoms with Gasteiger partial charge < -0.3 is 5.32 Å². The van der Waals surface area contributed by atoms with Crippen molar-refractivity contribution in [3.63, 3.8) is 0 Å². The Morgan fingerprint density at radius 2 is 2.33 bits per heavy atom. The Labute approximate surface area is 107 Å². The van der Waals surface area contributed by atoms with Crippen LogP contribution in [0.5, 0.6) is 0 Å². The molecule has 0 saturated carbocycles. The first-order valence-electron chi connectivity index (χ1n) is 6.64. The zero-order valence-electron chi connectivity index (χ0n) is 10.7. The monoisotopic (exact) mass is 242 g/mol. The summed E-state index contributed by atoms with van der Waals surface area (Å²) in [5, 5.41) is 11.7. The minimum atomic E-state index is 0.916. The Morgan fingerprint density at radius 3 is 3.22 bits per heavy atom. The number of hydrogen-bond donors (Lipinski definition) is 1. The van der Waals surface area contributed by atoms with Gasteiger partial charge in [-0.05, 0) is 24.8 Å². The second-order valence-corrected chi connectivity index (χ2v) is 4.71. The standard InChI is InChI=1S/C14H18N4/c1-2-9-18-13(10-16-17-18)12-7-3-5-11-6-4-8-15-14(11)12/h3,5,7,10,15H,2,4,6,8-9H2,1H3. The fourth-order valence-electron chi connectivity index (χ4n) is 2.57. The van der Waals surface area contributed by atoms with Crippen LogP contribution in [0.1, 0.15) is 25.3 Å². The molecule has 94 valence electrons. The molecular formula is C14H18N4. The second kappa shape index (κ2) is 4.80. The predicted octanol–water partition coefficient (Wildman–Crippen LogP) is 2.71. The molecule has 0 radical (unpaired) electrons. The minimum Gasteiger partial charge on any atom is -0.384 e. The Hall–Kier alpha value is -1.84. The van der Waals surface area contributed by atoms with Crippen molar-refractivity contribution in [3.05, 3.63) is 30.0 Å². The second-order valence-electron chi connectivity index (χ2n) is 4.71. The van der Waals surface area contributed by atoms with Crippen molar-refractivity contribution in [1.29, 1.82) is 0 Å². The van der Waals surface area contributed by atoms with Crippen LogP contribution in [0.4, 0.5) is 5.69 Å². The van der Waals surface area contributed by atoms with E-state index in [0.717, 1.165) is 31.6 Å². The zero-order valence-corrected chi connectivity index (χ0v) is 10.7. The molecule has 1 aliphatic rings. The topological polar surface area (TPSA) is 42.7 Å². The molecule has 0 atom stereocenters. The number of fused-ring (bicyclic) bond motifs is 1. The van der Waals surface area contributed by atoms with E-state index in [-0.39, 0.29) is 0 Å². The third-order valence-corrected chi connectivity index (χ3v) is 3.40. The van der Waals surface area contributed by atoms with Gasteiger partial charge in [-0.3, -0.25) is 0 Å². The highest BCUT2D eigenvalue weighted by molar-refractivity contribution is 5.78. The molecule has 18 heavy (non-hydrogen) atoms. The smallest absolute Gasteiger partial charge is 0.0906 e. The highest BCUT2D eigenvalue weighted by Gasteiger charge is 2.16. The number of anilines is 1. The Morgan fingerprint density at radius 1 is 1.39 bits per heavy atom. The van der Waals surface area contributed by atoms with Gasteiger partial charge in [-0.1, -0.05) is 30.3 Å². The maximum absolute atomic E-state index is 4.17.